The van der Waals surface area contributed by atoms with Crippen molar-refractivity contribution < 1.29 is 14.3 Å². The van der Waals surface area contributed by atoms with Crippen molar-refractivity contribution in [2.75, 3.05) is 45.3 Å². The molecular weight excluding hydrogens is 344 g/mol. The highest BCUT2D eigenvalue weighted by Crippen LogP contribution is 2.12. The first-order chi connectivity index (χ1) is 13.2. The molecule has 3 N–H and O–H groups in total. The molecular formula is C20H28N4O3. The van der Waals surface area contributed by atoms with Crippen molar-refractivity contribution in [1.82, 2.24) is 10.6 Å². The Hall–Kier alpha value is -2.56. The summed E-state index contributed by atoms with van der Waals surface area (Å²) in [6.07, 6.45) is 8.68. The van der Waals surface area contributed by atoms with Crippen LogP contribution in [0.4, 0.5) is 5.69 Å². The molecule has 0 bridgehead atoms. The van der Waals surface area contributed by atoms with Crippen LogP contribution in [0.15, 0.2) is 29.3 Å². The van der Waals surface area contributed by atoms with Gasteiger partial charge in [-0.1, -0.05) is 12.0 Å². The topological polar surface area (TPSA) is 84.0 Å². The number of nitrogens with one attached hydrogen (secondary N) is 3. The van der Waals surface area contributed by atoms with Gasteiger partial charge in [0.25, 0.3) is 0 Å². The molecule has 0 saturated carbocycles. The molecule has 27 heavy (non-hydrogen) atoms. The van der Waals surface area contributed by atoms with Gasteiger partial charge in [0, 0.05) is 38.1 Å². The van der Waals surface area contributed by atoms with Crippen molar-refractivity contribution in [1.29, 1.82) is 0 Å². The highest BCUT2D eigenvalue weighted by Gasteiger charge is 2.14. The van der Waals surface area contributed by atoms with Gasteiger partial charge in [-0.15, -0.1) is 6.42 Å². The molecule has 1 unspecified atom stereocenters. The van der Waals surface area contributed by atoms with Gasteiger partial charge in [-0.05, 0) is 37.5 Å². The maximum atomic E-state index is 12.0. The van der Waals surface area contributed by atoms with E-state index in [0.29, 0.717) is 31.4 Å². The van der Waals surface area contributed by atoms with E-state index in [1.807, 2.05) is 6.07 Å². The summed E-state index contributed by atoms with van der Waals surface area (Å²) < 4.78 is 11.1. The number of guanidine groups is 1. The fourth-order valence-electron chi connectivity index (χ4n) is 2.65. The van der Waals surface area contributed by atoms with Crippen LogP contribution in [0.25, 0.3) is 0 Å². The van der Waals surface area contributed by atoms with Crippen LogP contribution in [-0.2, 0) is 14.3 Å². The second kappa shape index (κ2) is 11.9. The average molecular weight is 372 g/mol. The van der Waals surface area contributed by atoms with Gasteiger partial charge in [-0.3, -0.25) is 9.79 Å². The Balaban J connectivity index is 1.57. The zero-order chi connectivity index (χ0) is 19.3. The molecule has 0 aromatic heterocycles. The number of anilines is 1. The third-order valence-electron chi connectivity index (χ3n) is 4.04. The van der Waals surface area contributed by atoms with Crippen LogP contribution >= 0.6 is 0 Å². The average Bonchev–Trinajstić information content (AvgIpc) is 3.20. The molecule has 1 atom stereocenters. The number of rotatable bonds is 9. The number of carbonyl (C=O) groups excluding carboxylic acids is 1. The summed E-state index contributed by atoms with van der Waals surface area (Å²) in [4.78, 5) is 16.1. The molecule has 1 aliphatic rings. The second-order valence-corrected chi connectivity index (χ2v) is 6.19. The first-order valence-electron chi connectivity index (χ1n) is 9.21. The molecule has 1 saturated heterocycles. The highest BCUT2D eigenvalue weighted by molar-refractivity contribution is 5.95. The number of carbonyl (C=O) groups is 1. The minimum absolute atomic E-state index is 0.107. The highest BCUT2D eigenvalue weighted by atomic mass is 16.5. The van der Waals surface area contributed by atoms with Crippen molar-refractivity contribution in [3.63, 3.8) is 0 Å². The number of terminal acetylenes is 1. The number of amides is 1. The molecule has 7 nitrogen and oxygen atoms in total. The number of ether oxygens (including phenoxy) is 2. The van der Waals surface area contributed by atoms with Crippen LogP contribution in [0, 0.1) is 12.3 Å². The standard InChI is InChI=1S/C20H28N4O3/c1-3-16-7-4-8-17(13-16)24-19(25)14-23-20(21-2)22-10-6-11-26-15-18-9-5-12-27-18/h1,4,7-8,13,18H,5-6,9-12,14-15H2,2H3,(H,24,25)(H2,21,22,23). The predicted molar refractivity (Wildman–Crippen MR) is 107 cm³/mol. The van der Waals surface area contributed by atoms with E-state index < -0.39 is 0 Å². The number of benzene rings is 1. The molecule has 0 aliphatic carbocycles. The van der Waals surface area contributed by atoms with Gasteiger partial charge in [-0.2, -0.15) is 0 Å². The molecule has 1 heterocycles. The normalized spacial score (nSPS) is 16.6. The minimum atomic E-state index is -0.174. The zero-order valence-corrected chi connectivity index (χ0v) is 15.8. The van der Waals surface area contributed by atoms with Crippen LogP contribution in [-0.4, -0.2) is 57.9 Å². The van der Waals surface area contributed by atoms with Gasteiger partial charge in [0.05, 0.1) is 19.3 Å². The van der Waals surface area contributed by atoms with E-state index in [1.54, 1.807) is 25.2 Å². The van der Waals surface area contributed by atoms with Gasteiger partial charge in [0.2, 0.25) is 5.91 Å². The first-order valence-corrected chi connectivity index (χ1v) is 9.21. The Morgan fingerprint density at radius 1 is 1.44 bits per heavy atom. The van der Waals surface area contributed by atoms with E-state index in [0.717, 1.165) is 31.4 Å². The van der Waals surface area contributed by atoms with Crippen molar-refractivity contribution >= 4 is 17.6 Å². The molecule has 1 aliphatic heterocycles. The lowest BCUT2D eigenvalue weighted by Crippen LogP contribution is -2.41. The van der Waals surface area contributed by atoms with Gasteiger partial charge in [-0.25, -0.2) is 0 Å². The molecule has 1 fully saturated rings. The second-order valence-electron chi connectivity index (χ2n) is 6.19. The van der Waals surface area contributed by atoms with Gasteiger partial charge in [0.1, 0.15) is 0 Å². The monoisotopic (exact) mass is 372 g/mol. The molecule has 1 amide bonds. The molecule has 2 rings (SSSR count). The van der Waals surface area contributed by atoms with Crippen LogP contribution in [0.3, 0.4) is 0 Å². The molecule has 1 aromatic carbocycles. The smallest absolute Gasteiger partial charge is 0.243 e. The van der Waals surface area contributed by atoms with Gasteiger partial charge in [0.15, 0.2) is 5.96 Å². The van der Waals surface area contributed by atoms with E-state index >= 15 is 0 Å². The Bertz CT molecular complexity index is 663. The number of hydrogen-bond donors (Lipinski definition) is 3. The van der Waals surface area contributed by atoms with Gasteiger partial charge >= 0.3 is 0 Å². The number of aliphatic imine (C=N–C) groups is 1. The fraction of sp³-hybridized carbons (Fsp3) is 0.500. The molecule has 146 valence electrons. The van der Waals surface area contributed by atoms with E-state index in [9.17, 15) is 4.79 Å². The van der Waals surface area contributed by atoms with Crippen molar-refractivity contribution in [2.45, 2.75) is 25.4 Å². The maximum absolute atomic E-state index is 12.0. The third-order valence-corrected chi connectivity index (χ3v) is 4.04. The largest absolute Gasteiger partial charge is 0.379 e. The molecule has 1 aromatic rings. The fourth-order valence-corrected chi connectivity index (χ4v) is 2.65. The van der Waals surface area contributed by atoms with Crippen molar-refractivity contribution in [3.8, 4) is 12.3 Å². The summed E-state index contributed by atoms with van der Waals surface area (Å²) in [7, 11) is 1.66. The van der Waals surface area contributed by atoms with Gasteiger partial charge < -0.3 is 25.4 Å². The zero-order valence-electron chi connectivity index (χ0n) is 15.8. The Morgan fingerprint density at radius 3 is 3.07 bits per heavy atom. The van der Waals surface area contributed by atoms with E-state index in [-0.39, 0.29) is 18.6 Å². The lowest BCUT2D eigenvalue weighted by Gasteiger charge is -2.13. The summed E-state index contributed by atoms with van der Waals surface area (Å²) >= 11 is 0. The molecule has 0 spiro atoms. The maximum Gasteiger partial charge on any atom is 0.243 e. The van der Waals surface area contributed by atoms with Crippen LogP contribution in [0.5, 0.6) is 0 Å². The van der Waals surface area contributed by atoms with Crippen molar-refractivity contribution in [3.05, 3.63) is 29.8 Å². The third kappa shape index (κ3) is 8.11. The Labute approximate surface area is 160 Å². The Morgan fingerprint density at radius 2 is 2.33 bits per heavy atom. The lowest BCUT2D eigenvalue weighted by molar-refractivity contribution is -0.115. The summed E-state index contributed by atoms with van der Waals surface area (Å²) in [5, 5.41) is 8.93. The predicted octanol–water partition coefficient (Wildman–Crippen LogP) is 1.36. The summed E-state index contributed by atoms with van der Waals surface area (Å²) in [6.45, 7) is 2.98. The molecule has 0 radical (unpaired) electrons. The number of nitrogens with zero attached hydrogens (tertiary/aromatic N) is 1. The molecule has 7 heteroatoms. The minimum Gasteiger partial charge on any atom is -0.379 e. The van der Waals surface area contributed by atoms with Crippen LogP contribution in [0.1, 0.15) is 24.8 Å². The van der Waals surface area contributed by atoms with Crippen LogP contribution < -0.4 is 16.0 Å². The summed E-state index contributed by atoms with van der Waals surface area (Å²) in [6, 6.07) is 7.16. The van der Waals surface area contributed by atoms with E-state index in [4.69, 9.17) is 15.9 Å². The summed E-state index contributed by atoms with van der Waals surface area (Å²) in [5.74, 6) is 2.94. The van der Waals surface area contributed by atoms with Crippen molar-refractivity contribution in [2.24, 2.45) is 4.99 Å². The SMILES string of the molecule is C#Cc1cccc(NC(=O)CNC(=NC)NCCCOCC2CCCO2)c1. The Kier molecular flexibility index (Phi) is 9.18. The van der Waals surface area contributed by atoms with E-state index in [2.05, 4.69) is 26.9 Å². The van der Waals surface area contributed by atoms with Crippen LogP contribution in [0.2, 0.25) is 0 Å². The quantitative estimate of drug-likeness (QED) is 0.264. The number of hydrogen-bond acceptors (Lipinski definition) is 4. The summed E-state index contributed by atoms with van der Waals surface area (Å²) in [5.41, 5.74) is 1.39. The first kappa shape index (κ1) is 20.7. The van der Waals surface area contributed by atoms with E-state index in [1.165, 1.54) is 0 Å². The lowest BCUT2D eigenvalue weighted by atomic mass is 10.2.